The molecule has 0 aliphatic rings. The number of anilines is 1. The van der Waals surface area contributed by atoms with E-state index in [1.807, 2.05) is 32.0 Å². The molecule has 0 unspecified atom stereocenters. The van der Waals surface area contributed by atoms with Gasteiger partial charge in [-0.1, -0.05) is 24.3 Å². The van der Waals surface area contributed by atoms with Crippen LogP contribution in [0.15, 0.2) is 48.5 Å². The van der Waals surface area contributed by atoms with Crippen molar-refractivity contribution in [3.05, 3.63) is 59.7 Å². The van der Waals surface area contributed by atoms with E-state index in [1.165, 1.54) is 11.4 Å². The van der Waals surface area contributed by atoms with Gasteiger partial charge in [0.2, 0.25) is 10.0 Å². The third kappa shape index (κ3) is 5.49. The minimum absolute atomic E-state index is 0.0224. The van der Waals surface area contributed by atoms with Crippen molar-refractivity contribution >= 4 is 21.6 Å². The fraction of sp³-hybridized carbons (Fsp3) is 0.316. The molecule has 1 N–H and O–H groups in total. The van der Waals surface area contributed by atoms with Gasteiger partial charge in [-0.05, 0) is 49.2 Å². The first-order valence-corrected chi connectivity index (χ1v) is 9.89. The van der Waals surface area contributed by atoms with E-state index in [0.29, 0.717) is 11.4 Å². The Morgan fingerprint density at radius 2 is 1.77 bits per heavy atom. The minimum Gasteiger partial charge on any atom is -0.484 e. The number of benzene rings is 2. The molecule has 0 atom stereocenters. The summed E-state index contributed by atoms with van der Waals surface area (Å²) in [4.78, 5) is 11.8. The Morgan fingerprint density at radius 1 is 1.08 bits per heavy atom. The molecule has 1 amide bonds. The number of carbonyl (C=O) groups is 1. The summed E-state index contributed by atoms with van der Waals surface area (Å²) in [5, 5.41) is 2.57. The number of nitrogens with zero attached hydrogens (tertiary/aromatic N) is 1. The van der Waals surface area contributed by atoms with Crippen LogP contribution in [0.1, 0.15) is 11.1 Å². The van der Waals surface area contributed by atoms with Crippen molar-refractivity contribution in [1.29, 1.82) is 0 Å². The lowest BCUT2D eigenvalue weighted by atomic mass is 10.1. The maximum atomic E-state index is 12.3. The minimum atomic E-state index is -3.51. The van der Waals surface area contributed by atoms with Crippen LogP contribution in [0, 0.1) is 13.8 Å². The van der Waals surface area contributed by atoms with Gasteiger partial charge >= 0.3 is 0 Å². The van der Waals surface area contributed by atoms with Crippen LogP contribution < -0.4 is 14.4 Å². The maximum Gasteiger partial charge on any atom is 0.257 e. The number of carbonyl (C=O) groups excluding carboxylic acids is 1. The summed E-state index contributed by atoms with van der Waals surface area (Å²) in [5.41, 5.74) is 2.81. The second kappa shape index (κ2) is 8.71. The standard InChI is InChI=1S/C19H24N2O4S/c1-15-9-10-18(13-16(15)2)25-14-19(22)20-11-12-26(23,24)21(3)17-7-5-4-6-8-17/h4-10,13H,11-12,14H2,1-3H3,(H,20,22). The summed E-state index contributed by atoms with van der Waals surface area (Å²) in [6, 6.07) is 14.4. The van der Waals surface area contributed by atoms with E-state index in [9.17, 15) is 13.2 Å². The predicted octanol–water partition coefficient (Wildman–Crippen LogP) is 2.26. The van der Waals surface area contributed by atoms with Crippen LogP contribution in [0.3, 0.4) is 0 Å². The van der Waals surface area contributed by atoms with Gasteiger partial charge in [-0.2, -0.15) is 0 Å². The van der Waals surface area contributed by atoms with Gasteiger partial charge in [-0.3, -0.25) is 9.10 Å². The molecule has 2 rings (SSSR count). The number of hydrogen-bond acceptors (Lipinski definition) is 4. The lowest BCUT2D eigenvalue weighted by molar-refractivity contribution is -0.122. The topological polar surface area (TPSA) is 75.7 Å². The van der Waals surface area contributed by atoms with Crippen LogP contribution in [0.5, 0.6) is 5.75 Å². The first kappa shape index (κ1) is 19.8. The van der Waals surface area contributed by atoms with Gasteiger partial charge in [-0.15, -0.1) is 0 Å². The van der Waals surface area contributed by atoms with Gasteiger partial charge in [-0.25, -0.2) is 8.42 Å². The smallest absolute Gasteiger partial charge is 0.257 e. The molecule has 0 bridgehead atoms. The van der Waals surface area contributed by atoms with Crippen LogP contribution in [-0.4, -0.2) is 40.3 Å². The van der Waals surface area contributed by atoms with Crippen LogP contribution in [-0.2, 0) is 14.8 Å². The molecule has 2 aromatic carbocycles. The average Bonchev–Trinajstić information content (AvgIpc) is 2.62. The Bertz CT molecular complexity index is 851. The number of hydrogen-bond donors (Lipinski definition) is 1. The Kier molecular flexibility index (Phi) is 6.63. The van der Waals surface area contributed by atoms with E-state index < -0.39 is 10.0 Å². The number of para-hydroxylation sites is 1. The summed E-state index contributed by atoms with van der Waals surface area (Å²) in [5.74, 6) is 0.0637. The van der Waals surface area contributed by atoms with E-state index in [-0.39, 0.29) is 24.8 Å². The summed E-state index contributed by atoms with van der Waals surface area (Å²) in [6.45, 7) is 3.83. The highest BCUT2D eigenvalue weighted by molar-refractivity contribution is 7.92. The lowest BCUT2D eigenvalue weighted by Crippen LogP contribution is -2.37. The number of amides is 1. The van der Waals surface area contributed by atoms with Crippen LogP contribution >= 0.6 is 0 Å². The molecule has 0 spiro atoms. The first-order valence-electron chi connectivity index (χ1n) is 8.28. The SMILES string of the molecule is Cc1ccc(OCC(=O)NCCS(=O)(=O)N(C)c2ccccc2)cc1C. The van der Waals surface area contributed by atoms with Crippen LogP contribution in [0.25, 0.3) is 0 Å². The van der Waals surface area contributed by atoms with Crippen molar-refractivity contribution in [3.8, 4) is 5.75 Å². The number of sulfonamides is 1. The van der Waals surface area contributed by atoms with Crippen molar-refractivity contribution in [2.24, 2.45) is 0 Å². The van der Waals surface area contributed by atoms with Crippen molar-refractivity contribution in [3.63, 3.8) is 0 Å². The molecule has 26 heavy (non-hydrogen) atoms. The highest BCUT2D eigenvalue weighted by Gasteiger charge is 2.18. The molecule has 0 saturated carbocycles. The number of aryl methyl sites for hydroxylation is 2. The fourth-order valence-electron chi connectivity index (χ4n) is 2.26. The molecule has 2 aromatic rings. The molecule has 140 valence electrons. The Hall–Kier alpha value is -2.54. The molecule has 0 aromatic heterocycles. The second-order valence-electron chi connectivity index (χ2n) is 6.00. The third-order valence-electron chi connectivity index (χ3n) is 4.07. The Morgan fingerprint density at radius 3 is 2.42 bits per heavy atom. The van der Waals surface area contributed by atoms with Gasteiger partial charge in [0.05, 0.1) is 11.4 Å². The fourth-order valence-corrected chi connectivity index (χ4v) is 3.34. The zero-order valence-electron chi connectivity index (χ0n) is 15.2. The van der Waals surface area contributed by atoms with E-state index in [0.717, 1.165) is 11.1 Å². The zero-order chi connectivity index (χ0) is 19.2. The third-order valence-corrected chi connectivity index (χ3v) is 5.83. The zero-order valence-corrected chi connectivity index (χ0v) is 16.0. The van der Waals surface area contributed by atoms with Crippen molar-refractivity contribution in [1.82, 2.24) is 5.32 Å². The van der Waals surface area contributed by atoms with Crippen LogP contribution in [0.4, 0.5) is 5.69 Å². The second-order valence-corrected chi connectivity index (χ2v) is 8.12. The molecule has 0 fully saturated rings. The van der Waals surface area contributed by atoms with E-state index >= 15 is 0 Å². The average molecular weight is 376 g/mol. The molecule has 0 aliphatic carbocycles. The van der Waals surface area contributed by atoms with Gasteiger partial charge in [0.15, 0.2) is 6.61 Å². The summed E-state index contributed by atoms with van der Waals surface area (Å²) < 4.78 is 31.3. The van der Waals surface area contributed by atoms with Crippen molar-refractivity contribution in [2.75, 3.05) is 30.3 Å². The molecule has 0 aliphatic heterocycles. The molecule has 7 heteroatoms. The largest absolute Gasteiger partial charge is 0.484 e. The van der Waals surface area contributed by atoms with Crippen molar-refractivity contribution in [2.45, 2.75) is 13.8 Å². The Balaban J connectivity index is 1.79. The molecule has 0 radical (unpaired) electrons. The van der Waals surface area contributed by atoms with E-state index in [1.54, 1.807) is 30.3 Å². The number of ether oxygens (including phenoxy) is 1. The van der Waals surface area contributed by atoms with Gasteiger partial charge in [0.25, 0.3) is 5.91 Å². The number of nitrogens with one attached hydrogen (secondary N) is 1. The summed E-state index contributed by atoms with van der Waals surface area (Å²) in [7, 11) is -2.01. The predicted molar refractivity (Wildman–Crippen MR) is 103 cm³/mol. The summed E-state index contributed by atoms with van der Waals surface area (Å²) in [6.07, 6.45) is 0. The Labute approximate surface area is 154 Å². The molecule has 6 nitrogen and oxygen atoms in total. The normalized spacial score (nSPS) is 11.0. The quantitative estimate of drug-likeness (QED) is 0.767. The highest BCUT2D eigenvalue weighted by Crippen LogP contribution is 2.16. The molecule has 0 saturated heterocycles. The molecule has 0 heterocycles. The van der Waals surface area contributed by atoms with Gasteiger partial charge < -0.3 is 10.1 Å². The summed E-state index contributed by atoms with van der Waals surface area (Å²) >= 11 is 0. The lowest BCUT2D eigenvalue weighted by Gasteiger charge is -2.19. The van der Waals surface area contributed by atoms with E-state index in [2.05, 4.69) is 5.32 Å². The monoisotopic (exact) mass is 376 g/mol. The highest BCUT2D eigenvalue weighted by atomic mass is 32.2. The van der Waals surface area contributed by atoms with E-state index in [4.69, 9.17) is 4.74 Å². The van der Waals surface area contributed by atoms with Crippen molar-refractivity contribution < 1.29 is 17.9 Å². The molecular formula is C19H24N2O4S. The first-order chi connectivity index (χ1) is 12.3. The number of rotatable bonds is 8. The molecular weight excluding hydrogens is 352 g/mol. The van der Waals surface area contributed by atoms with Gasteiger partial charge in [0, 0.05) is 13.6 Å². The van der Waals surface area contributed by atoms with Gasteiger partial charge in [0.1, 0.15) is 5.75 Å². The maximum absolute atomic E-state index is 12.3. The van der Waals surface area contributed by atoms with Crippen LogP contribution in [0.2, 0.25) is 0 Å².